The Morgan fingerprint density at radius 1 is 0.732 bits per heavy atom. The van der Waals surface area contributed by atoms with Crippen LogP contribution < -0.4 is 0 Å². The number of ether oxygens (including phenoxy) is 1. The van der Waals surface area contributed by atoms with Gasteiger partial charge in [-0.25, -0.2) is 4.57 Å². The molecule has 0 aliphatic heterocycles. The molecule has 9 nitrogen and oxygen atoms in total. The van der Waals surface area contributed by atoms with Crippen LogP contribution in [0.1, 0.15) is 129 Å². The number of unbranched alkanes of at least 4 members (excludes halogenated alkanes) is 14. The van der Waals surface area contributed by atoms with Crippen LogP contribution in [0, 0.1) is 5.92 Å². The number of aliphatic hydroxyl groups is 1. The maximum atomic E-state index is 12.1. The van der Waals surface area contributed by atoms with E-state index in [0.717, 1.165) is 32.1 Å². The summed E-state index contributed by atoms with van der Waals surface area (Å²) in [4.78, 5) is 21.9. The number of hydrogen-bond acceptors (Lipinski definition) is 6. The van der Waals surface area contributed by atoms with Crippen molar-refractivity contribution in [3.63, 3.8) is 0 Å². The van der Waals surface area contributed by atoms with Crippen LogP contribution in [0.25, 0.3) is 0 Å². The van der Waals surface area contributed by atoms with E-state index in [0.29, 0.717) is 23.9 Å². The molecule has 10 heteroatoms. The summed E-state index contributed by atoms with van der Waals surface area (Å²) < 4.78 is 28.5. The molecule has 0 aliphatic rings. The van der Waals surface area contributed by atoms with Crippen molar-refractivity contribution >= 4 is 13.8 Å². The van der Waals surface area contributed by atoms with Crippen LogP contribution >= 0.6 is 7.82 Å². The zero-order valence-corrected chi connectivity index (χ0v) is 28.0. The lowest BCUT2D eigenvalue weighted by atomic mass is 9.92. The molecule has 0 rings (SSSR count). The Morgan fingerprint density at radius 3 is 1.68 bits per heavy atom. The van der Waals surface area contributed by atoms with E-state index in [1.165, 1.54) is 70.6 Å². The van der Waals surface area contributed by atoms with Gasteiger partial charge < -0.3 is 24.3 Å². The fourth-order valence-electron chi connectivity index (χ4n) is 4.76. The number of aliphatic carboxylic acids is 1. The third-order valence-electron chi connectivity index (χ3n) is 7.43. The fourth-order valence-corrected chi connectivity index (χ4v) is 5.51. The van der Waals surface area contributed by atoms with Gasteiger partial charge in [-0.05, 0) is 12.8 Å². The second-order valence-corrected chi connectivity index (χ2v) is 14.1. The minimum atomic E-state index is -4.29. The summed E-state index contributed by atoms with van der Waals surface area (Å²) in [6, 6.07) is 0. The Bertz CT molecular complexity index is 673. The number of hydrogen-bond donors (Lipinski definition) is 3. The van der Waals surface area contributed by atoms with Gasteiger partial charge in [-0.3, -0.25) is 13.8 Å². The van der Waals surface area contributed by atoms with Gasteiger partial charge in [0.15, 0.2) is 0 Å². The lowest BCUT2D eigenvalue weighted by molar-refractivity contribution is -0.870. The number of phosphoric acid groups is 1. The van der Waals surface area contributed by atoms with Gasteiger partial charge in [0.2, 0.25) is 0 Å². The average molecular weight is 611 g/mol. The van der Waals surface area contributed by atoms with Gasteiger partial charge >= 0.3 is 13.8 Å². The molecule has 0 aromatic rings. The fraction of sp³-hybridized carbons (Fsp3) is 0.968. The molecule has 0 spiro atoms. The topological polar surface area (TPSA) is 123 Å². The Morgan fingerprint density at radius 2 is 1.22 bits per heavy atom. The zero-order chi connectivity index (χ0) is 31.0. The van der Waals surface area contributed by atoms with E-state index in [2.05, 4.69) is 6.92 Å². The summed E-state index contributed by atoms with van der Waals surface area (Å²) in [7, 11) is 1.52. The normalized spacial score (nSPS) is 15.9. The standard InChI is InChI=1S/C31H64NO8P/c1-6-8-10-11-12-13-14-15-16-17-18-19-20-21-23-30(29(31(34)35)22-9-7-2)38-26-28(33)27-40-41(36,37)39-25-24-32(3,4)5/h28-30,33H,6-27H2,1-5H3,(H-,34,35,36,37)/p+1/t28?,29-,30?/m0/s1. The Balaban J connectivity index is 4.41. The first-order chi connectivity index (χ1) is 19.4. The smallest absolute Gasteiger partial charge is 0.472 e. The van der Waals surface area contributed by atoms with Crippen molar-refractivity contribution in [1.29, 1.82) is 0 Å². The molecule has 0 radical (unpaired) electrons. The first kappa shape index (κ1) is 40.5. The molecular weight excluding hydrogens is 545 g/mol. The van der Waals surface area contributed by atoms with E-state index in [1.807, 2.05) is 28.1 Å². The van der Waals surface area contributed by atoms with Crippen molar-refractivity contribution in [2.24, 2.45) is 5.92 Å². The predicted molar refractivity (Wildman–Crippen MR) is 166 cm³/mol. The third-order valence-corrected chi connectivity index (χ3v) is 8.41. The highest BCUT2D eigenvalue weighted by Gasteiger charge is 2.29. The molecule has 0 amide bonds. The quantitative estimate of drug-likeness (QED) is 0.0439. The third kappa shape index (κ3) is 25.7. The second kappa shape index (κ2) is 24.9. The molecule has 0 saturated heterocycles. The van der Waals surface area contributed by atoms with Gasteiger partial charge in [0, 0.05) is 0 Å². The van der Waals surface area contributed by atoms with Crippen molar-refractivity contribution in [1.82, 2.24) is 0 Å². The molecule has 0 fully saturated rings. The van der Waals surface area contributed by atoms with E-state index >= 15 is 0 Å². The van der Waals surface area contributed by atoms with E-state index < -0.39 is 38.5 Å². The molecule has 41 heavy (non-hydrogen) atoms. The summed E-state index contributed by atoms with van der Waals surface area (Å²) in [5.74, 6) is -1.53. The van der Waals surface area contributed by atoms with Crippen molar-refractivity contribution in [3.8, 4) is 0 Å². The molecule has 3 unspecified atom stereocenters. The van der Waals surface area contributed by atoms with Gasteiger partial charge in [0.1, 0.15) is 19.3 Å². The van der Waals surface area contributed by atoms with E-state index in [9.17, 15) is 24.5 Å². The Kier molecular flexibility index (Phi) is 24.5. The van der Waals surface area contributed by atoms with E-state index in [-0.39, 0.29) is 13.2 Å². The van der Waals surface area contributed by atoms with Gasteiger partial charge in [0.05, 0.1) is 46.4 Å². The van der Waals surface area contributed by atoms with Gasteiger partial charge in [-0.1, -0.05) is 117 Å². The summed E-state index contributed by atoms with van der Waals surface area (Å²) in [6.07, 6.45) is 18.7. The summed E-state index contributed by atoms with van der Waals surface area (Å²) in [5, 5.41) is 20.2. The van der Waals surface area contributed by atoms with Gasteiger partial charge in [-0.2, -0.15) is 0 Å². The number of aliphatic hydroxyl groups excluding tert-OH is 1. The number of carbonyl (C=O) groups is 1. The monoisotopic (exact) mass is 610 g/mol. The van der Waals surface area contributed by atoms with Gasteiger partial charge in [-0.15, -0.1) is 0 Å². The van der Waals surface area contributed by atoms with Crippen molar-refractivity contribution in [2.45, 2.75) is 142 Å². The number of nitrogens with zero attached hydrogens (tertiary/aromatic N) is 1. The second-order valence-electron chi connectivity index (χ2n) is 12.6. The molecular formula is C31H65NO8P+. The Labute approximate surface area is 251 Å². The molecule has 0 saturated carbocycles. The van der Waals surface area contributed by atoms with Crippen LogP contribution in [0.5, 0.6) is 0 Å². The predicted octanol–water partition coefficient (Wildman–Crippen LogP) is 7.33. The molecule has 0 aliphatic carbocycles. The first-order valence-corrected chi connectivity index (χ1v) is 17.9. The number of phosphoric ester groups is 1. The average Bonchev–Trinajstić information content (AvgIpc) is 2.89. The number of rotatable bonds is 30. The van der Waals surface area contributed by atoms with Crippen LogP contribution in [0.2, 0.25) is 0 Å². The highest BCUT2D eigenvalue weighted by atomic mass is 31.2. The number of quaternary nitrogens is 1. The van der Waals surface area contributed by atoms with Crippen LogP contribution in [0.4, 0.5) is 0 Å². The lowest BCUT2D eigenvalue weighted by Crippen LogP contribution is -2.37. The van der Waals surface area contributed by atoms with E-state index in [4.69, 9.17) is 13.8 Å². The van der Waals surface area contributed by atoms with Crippen LogP contribution in [0.3, 0.4) is 0 Å². The Hall–Kier alpha value is -0.540. The minimum Gasteiger partial charge on any atom is -0.481 e. The maximum absolute atomic E-state index is 12.1. The molecule has 0 aromatic carbocycles. The number of carboxylic acids is 1. The van der Waals surface area contributed by atoms with E-state index in [1.54, 1.807) is 0 Å². The van der Waals surface area contributed by atoms with Crippen LogP contribution in [-0.2, 0) is 23.1 Å². The molecule has 246 valence electrons. The van der Waals surface area contributed by atoms with Crippen molar-refractivity contribution in [2.75, 3.05) is 47.5 Å². The molecule has 3 N–H and O–H groups in total. The first-order valence-electron chi connectivity index (χ1n) is 16.4. The summed E-state index contributed by atoms with van der Waals surface area (Å²) in [6.45, 7) is 4.24. The molecule has 0 aromatic heterocycles. The molecule has 0 bridgehead atoms. The van der Waals surface area contributed by atoms with Crippen molar-refractivity contribution in [3.05, 3.63) is 0 Å². The SMILES string of the molecule is CCCCCCCCCCCCCCCCC(OCC(O)COP(=O)(O)OCC[N+](C)(C)C)[C@H](CCCC)C(=O)O. The van der Waals surface area contributed by atoms with Crippen molar-refractivity contribution < 1.29 is 42.7 Å². The molecule has 0 heterocycles. The van der Waals surface area contributed by atoms with Gasteiger partial charge in [0.25, 0.3) is 0 Å². The van der Waals surface area contributed by atoms with Crippen LogP contribution in [-0.4, -0.2) is 85.3 Å². The summed E-state index contributed by atoms with van der Waals surface area (Å²) >= 11 is 0. The zero-order valence-electron chi connectivity index (χ0n) is 27.1. The maximum Gasteiger partial charge on any atom is 0.472 e. The number of carboxylic acid groups (broad SMARTS) is 1. The summed E-state index contributed by atoms with van der Waals surface area (Å²) in [5.41, 5.74) is 0. The highest BCUT2D eigenvalue weighted by molar-refractivity contribution is 7.47. The largest absolute Gasteiger partial charge is 0.481 e. The minimum absolute atomic E-state index is 0.0445. The molecule has 4 atom stereocenters. The number of likely N-dealkylation sites (N-methyl/N-ethyl adjacent to an activating group) is 1. The van der Waals surface area contributed by atoms with Crippen LogP contribution in [0.15, 0.2) is 0 Å². The highest BCUT2D eigenvalue weighted by Crippen LogP contribution is 2.43. The lowest BCUT2D eigenvalue weighted by Gasteiger charge is -2.26.